The summed E-state index contributed by atoms with van der Waals surface area (Å²) in [5.74, 6) is -0.301. The number of hydrogen-bond donors (Lipinski definition) is 2. The van der Waals surface area contributed by atoms with E-state index in [1.807, 2.05) is 6.92 Å². The molecule has 3 amide bonds. The Kier molecular flexibility index (Phi) is 6.88. The lowest BCUT2D eigenvalue weighted by atomic mass is 9.97. The van der Waals surface area contributed by atoms with Gasteiger partial charge in [-0.3, -0.25) is 4.79 Å². The number of carbonyl (C=O) groups excluding carboxylic acids is 2. The molecule has 0 aromatic heterocycles. The summed E-state index contributed by atoms with van der Waals surface area (Å²) < 4.78 is 38.9. The summed E-state index contributed by atoms with van der Waals surface area (Å²) in [6.07, 6.45) is -2.86. The van der Waals surface area contributed by atoms with Crippen molar-refractivity contribution in [3.8, 4) is 0 Å². The Balaban J connectivity index is 1.87. The van der Waals surface area contributed by atoms with Gasteiger partial charge in [0.05, 0.1) is 11.5 Å². The van der Waals surface area contributed by atoms with E-state index in [2.05, 4.69) is 10.6 Å². The summed E-state index contributed by atoms with van der Waals surface area (Å²) in [6, 6.07) is 5.01. The normalized spacial score (nSPS) is 17.7. The van der Waals surface area contributed by atoms with Crippen LogP contribution in [0.1, 0.15) is 30.9 Å². The van der Waals surface area contributed by atoms with Crippen molar-refractivity contribution in [3.05, 3.63) is 35.4 Å². The number of piperidine rings is 1. The molecule has 1 saturated heterocycles. The zero-order chi connectivity index (χ0) is 19.2. The molecule has 1 aromatic carbocycles. The first-order chi connectivity index (χ1) is 12.3. The number of rotatable bonds is 5. The third kappa shape index (κ3) is 5.37. The largest absolute Gasteiger partial charge is 0.416 e. The molecule has 0 radical (unpaired) electrons. The Labute approximate surface area is 150 Å². The van der Waals surface area contributed by atoms with Crippen molar-refractivity contribution >= 4 is 11.9 Å². The summed E-state index contributed by atoms with van der Waals surface area (Å²) in [7, 11) is 0. The van der Waals surface area contributed by atoms with Crippen LogP contribution in [0.4, 0.5) is 18.0 Å². The first-order valence-electron chi connectivity index (χ1n) is 8.78. The molecular formula is C18H24F3N3O2. The van der Waals surface area contributed by atoms with Gasteiger partial charge in [0.1, 0.15) is 0 Å². The van der Waals surface area contributed by atoms with Crippen LogP contribution in [0.15, 0.2) is 24.3 Å². The van der Waals surface area contributed by atoms with Crippen LogP contribution in [0.25, 0.3) is 0 Å². The van der Waals surface area contributed by atoms with Gasteiger partial charge in [-0.15, -0.1) is 0 Å². The average Bonchev–Trinajstić information content (AvgIpc) is 2.61. The van der Waals surface area contributed by atoms with E-state index in [1.54, 1.807) is 11.0 Å². The molecule has 0 bridgehead atoms. The molecule has 0 saturated carbocycles. The van der Waals surface area contributed by atoms with Gasteiger partial charge in [0.2, 0.25) is 5.91 Å². The van der Waals surface area contributed by atoms with E-state index in [1.165, 1.54) is 12.1 Å². The lowest BCUT2D eigenvalue weighted by Crippen LogP contribution is -2.49. The van der Waals surface area contributed by atoms with Gasteiger partial charge < -0.3 is 15.5 Å². The maximum absolute atomic E-state index is 13.0. The molecule has 2 rings (SSSR count). The van der Waals surface area contributed by atoms with Crippen molar-refractivity contribution in [1.29, 1.82) is 0 Å². The number of amides is 3. The molecule has 2 N–H and O–H groups in total. The number of nitrogens with zero attached hydrogens (tertiary/aromatic N) is 1. The van der Waals surface area contributed by atoms with Crippen LogP contribution >= 0.6 is 0 Å². The molecule has 1 aliphatic rings. The SMILES string of the molecule is CCNC(=O)[C@H]1CCCN(C(=O)NCCc2ccccc2C(F)(F)F)C1. The molecule has 1 aliphatic heterocycles. The van der Waals surface area contributed by atoms with Crippen LogP contribution in [-0.2, 0) is 17.4 Å². The van der Waals surface area contributed by atoms with E-state index in [-0.39, 0.29) is 36.4 Å². The third-order valence-electron chi connectivity index (χ3n) is 4.42. The summed E-state index contributed by atoms with van der Waals surface area (Å²) in [5, 5.41) is 5.41. The van der Waals surface area contributed by atoms with Crippen molar-refractivity contribution in [2.24, 2.45) is 5.92 Å². The van der Waals surface area contributed by atoms with E-state index in [0.29, 0.717) is 19.6 Å². The zero-order valence-corrected chi connectivity index (χ0v) is 14.7. The van der Waals surface area contributed by atoms with Gasteiger partial charge in [0.15, 0.2) is 0 Å². The fourth-order valence-electron chi connectivity index (χ4n) is 3.12. The van der Waals surface area contributed by atoms with Crippen LogP contribution in [0.3, 0.4) is 0 Å². The second-order valence-corrected chi connectivity index (χ2v) is 6.32. The van der Waals surface area contributed by atoms with Crippen LogP contribution in [0, 0.1) is 5.92 Å². The van der Waals surface area contributed by atoms with Gasteiger partial charge in [-0.1, -0.05) is 18.2 Å². The molecule has 1 heterocycles. The lowest BCUT2D eigenvalue weighted by molar-refractivity contribution is -0.138. The van der Waals surface area contributed by atoms with Gasteiger partial charge in [-0.05, 0) is 37.8 Å². The van der Waals surface area contributed by atoms with Crippen molar-refractivity contribution < 1.29 is 22.8 Å². The average molecular weight is 371 g/mol. The summed E-state index contributed by atoms with van der Waals surface area (Å²) in [5.41, 5.74) is -0.525. The minimum Gasteiger partial charge on any atom is -0.356 e. The molecule has 144 valence electrons. The number of benzene rings is 1. The predicted molar refractivity (Wildman–Crippen MR) is 91.5 cm³/mol. The molecule has 0 unspecified atom stereocenters. The molecule has 1 fully saturated rings. The van der Waals surface area contributed by atoms with Crippen LogP contribution in [0.2, 0.25) is 0 Å². The maximum Gasteiger partial charge on any atom is 0.416 e. The van der Waals surface area contributed by atoms with Crippen LogP contribution in [0.5, 0.6) is 0 Å². The summed E-state index contributed by atoms with van der Waals surface area (Å²) in [4.78, 5) is 25.7. The van der Waals surface area contributed by atoms with Crippen molar-refractivity contribution in [2.75, 3.05) is 26.2 Å². The van der Waals surface area contributed by atoms with E-state index in [4.69, 9.17) is 0 Å². The Hall–Kier alpha value is -2.25. The minimum atomic E-state index is -4.41. The maximum atomic E-state index is 13.0. The van der Waals surface area contributed by atoms with Crippen molar-refractivity contribution in [2.45, 2.75) is 32.4 Å². The molecule has 8 heteroatoms. The van der Waals surface area contributed by atoms with Crippen molar-refractivity contribution in [3.63, 3.8) is 0 Å². The quantitative estimate of drug-likeness (QED) is 0.836. The highest BCUT2D eigenvalue weighted by Gasteiger charge is 2.33. The highest BCUT2D eigenvalue weighted by Crippen LogP contribution is 2.31. The van der Waals surface area contributed by atoms with Gasteiger partial charge in [-0.25, -0.2) is 4.79 Å². The summed E-state index contributed by atoms with van der Waals surface area (Å²) in [6.45, 7) is 3.36. The molecule has 0 spiro atoms. The Morgan fingerprint density at radius 3 is 2.65 bits per heavy atom. The highest BCUT2D eigenvalue weighted by molar-refractivity contribution is 5.80. The molecule has 0 aliphatic carbocycles. The van der Waals surface area contributed by atoms with Gasteiger partial charge >= 0.3 is 12.2 Å². The smallest absolute Gasteiger partial charge is 0.356 e. The fourth-order valence-corrected chi connectivity index (χ4v) is 3.12. The predicted octanol–water partition coefficient (Wildman–Crippen LogP) is 2.81. The molecule has 26 heavy (non-hydrogen) atoms. The number of alkyl halides is 3. The number of nitrogens with one attached hydrogen (secondary N) is 2. The first kappa shape index (κ1) is 20.1. The second-order valence-electron chi connectivity index (χ2n) is 6.32. The minimum absolute atomic E-state index is 0.0656. The van der Waals surface area contributed by atoms with E-state index < -0.39 is 11.7 Å². The van der Waals surface area contributed by atoms with E-state index in [0.717, 1.165) is 18.9 Å². The number of carbonyl (C=O) groups is 2. The lowest BCUT2D eigenvalue weighted by Gasteiger charge is -2.32. The van der Waals surface area contributed by atoms with Gasteiger partial charge in [0.25, 0.3) is 0 Å². The molecular weight excluding hydrogens is 347 g/mol. The van der Waals surface area contributed by atoms with Crippen LogP contribution < -0.4 is 10.6 Å². The monoisotopic (exact) mass is 371 g/mol. The van der Waals surface area contributed by atoms with Gasteiger partial charge in [0, 0.05) is 26.2 Å². The third-order valence-corrected chi connectivity index (χ3v) is 4.42. The molecule has 1 aromatic rings. The number of hydrogen-bond acceptors (Lipinski definition) is 2. The summed E-state index contributed by atoms with van der Waals surface area (Å²) >= 11 is 0. The number of halogens is 3. The molecule has 1 atom stereocenters. The standard InChI is InChI=1S/C18H24F3N3O2/c1-2-22-16(25)14-7-5-11-24(12-14)17(26)23-10-9-13-6-3-4-8-15(13)18(19,20)21/h3-4,6,8,14H,2,5,7,9-12H2,1H3,(H,22,25)(H,23,26)/t14-/m0/s1. The number of likely N-dealkylation sites (tertiary alicyclic amines) is 1. The molecule has 5 nitrogen and oxygen atoms in total. The topological polar surface area (TPSA) is 61.4 Å². The van der Waals surface area contributed by atoms with Crippen LogP contribution in [-0.4, -0.2) is 43.0 Å². The van der Waals surface area contributed by atoms with E-state index in [9.17, 15) is 22.8 Å². The Morgan fingerprint density at radius 2 is 1.96 bits per heavy atom. The number of urea groups is 1. The fraction of sp³-hybridized carbons (Fsp3) is 0.556. The van der Waals surface area contributed by atoms with Crippen molar-refractivity contribution in [1.82, 2.24) is 15.5 Å². The second kappa shape index (κ2) is 8.91. The highest BCUT2D eigenvalue weighted by atomic mass is 19.4. The first-order valence-corrected chi connectivity index (χ1v) is 8.78. The zero-order valence-electron chi connectivity index (χ0n) is 14.7. The van der Waals surface area contributed by atoms with Gasteiger partial charge in [-0.2, -0.15) is 13.2 Å². The Morgan fingerprint density at radius 1 is 1.23 bits per heavy atom. The Bertz CT molecular complexity index is 634. The van der Waals surface area contributed by atoms with E-state index >= 15 is 0 Å².